The van der Waals surface area contributed by atoms with E-state index in [1.54, 1.807) is 4.90 Å². The molecule has 0 spiro atoms. The normalized spacial score (nSPS) is 15.6. The fourth-order valence-corrected chi connectivity index (χ4v) is 4.39. The summed E-state index contributed by atoms with van der Waals surface area (Å²) in [6.07, 6.45) is 0. The molecule has 2 N–H and O–H groups in total. The van der Waals surface area contributed by atoms with E-state index in [1.165, 1.54) is 41.3 Å². The number of benzene rings is 2. The topological polar surface area (TPSA) is 70.9 Å². The van der Waals surface area contributed by atoms with Crippen molar-refractivity contribution < 1.29 is 18.1 Å². The van der Waals surface area contributed by atoms with Gasteiger partial charge < -0.3 is 9.80 Å². The zero-order chi connectivity index (χ0) is 20.3. The van der Waals surface area contributed by atoms with Crippen LogP contribution in [-0.2, 0) is 16.6 Å². The maximum Gasteiger partial charge on any atom is 0.255 e. The summed E-state index contributed by atoms with van der Waals surface area (Å²) in [7, 11) is -2.30. The number of sulfonamides is 1. The lowest BCUT2D eigenvalue weighted by atomic mass is 10.1. The number of halogens is 1. The number of nitrogens with zero attached hydrogens (tertiary/aromatic N) is 1. The SMILES string of the molecule is CNS(=O)(=O)c1ccc(Cl)c(C(=O)N2CC[NH+](Cc3cccc(C)c3)CC2)c1. The first-order chi connectivity index (χ1) is 13.3. The van der Waals surface area contributed by atoms with E-state index >= 15 is 0 Å². The van der Waals surface area contributed by atoms with Crippen molar-refractivity contribution in [1.29, 1.82) is 0 Å². The molecule has 150 valence electrons. The summed E-state index contributed by atoms with van der Waals surface area (Å²) >= 11 is 6.19. The Labute approximate surface area is 171 Å². The Balaban J connectivity index is 1.68. The van der Waals surface area contributed by atoms with Crippen LogP contribution in [0, 0.1) is 6.92 Å². The first-order valence-corrected chi connectivity index (χ1v) is 11.1. The second kappa shape index (κ2) is 8.61. The zero-order valence-electron chi connectivity index (χ0n) is 16.0. The Morgan fingerprint density at radius 2 is 1.89 bits per heavy atom. The van der Waals surface area contributed by atoms with E-state index in [-0.39, 0.29) is 21.4 Å². The molecular weight excluding hydrogens is 398 g/mol. The molecule has 0 aliphatic carbocycles. The van der Waals surface area contributed by atoms with Crippen LogP contribution in [-0.4, -0.2) is 52.5 Å². The third-order valence-electron chi connectivity index (χ3n) is 5.04. The molecule has 1 saturated heterocycles. The van der Waals surface area contributed by atoms with Crippen LogP contribution in [0.2, 0.25) is 5.02 Å². The molecule has 1 aliphatic heterocycles. The number of aryl methyl sites for hydroxylation is 1. The molecule has 0 atom stereocenters. The molecule has 1 aliphatic rings. The maximum atomic E-state index is 12.9. The molecule has 0 saturated carbocycles. The third-order valence-corrected chi connectivity index (χ3v) is 6.78. The lowest BCUT2D eigenvalue weighted by molar-refractivity contribution is -0.917. The van der Waals surface area contributed by atoms with Crippen molar-refractivity contribution in [3.63, 3.8) is 0 Å². The summed E-state index contributed by atoms with van der Waals surface area (Å²) in [4.78, 5) is 16.1. The Hall–Kier alpha value is -1.93. The summed E-state index contributed by atoms with van der Waals surface area (Å²) in [5.41, 5.74) is 2.76. The standard InChI is InChI=1S/C20H24ClN3O3S/c1-15-4-3-5-16(12-15)14-23-8-10-24(11-9-23)20(25)18-13-17(6-7-19(18)21)28(26,27)22-2/h3-7,12-13,22H,8-11,14H2,1-2H3/p+1. The molecule has 0 unspecified atom stereocenters. The number of piperazine rings is 1. The number of carbonyl (C=O) groups excluding carboxylic acids is 1. The van der Waals surface area contributed by atoms with Crippen molar-refractivity contribution >= 4 is 27.5 Å². The molecule has 1 heterocycles. The fraction of sp³-hybridized carbons (Fsp3) is 0.350. The average Bonchev–Trinajstić information content (AvgIpc) is 2.68. The van der Waals surface area contributed by atoms with Crippen LogP contribution in [0.5, 0.6) is 0 Å². The van der Waals surface area contributed by atoms with Crippen LogP contribution in [0.3, 0.4) is 0 Å². The van der Waals surface area contributed by atoms with Gasteiger partial charge in [0.2, 0.25) is 10.0 Å². The minimum absolute atomic E-state index is 0.0338. The number of hydrogen-bond acceptors (Lipinski definition) is 3. The van der Waals surface area contributed by atoms with E-state index in [4.69, 9.17) is 11.6 Å². The minimum Gasteiger partial charge on any atom is -0.328 e. The Bertz CT molecular complexity index is 970. The van der Waals surface area contributed by atoms with Crippen molar-refractivity contribution in [3.8, 4) is 0 Å². The van der Waals surface area contributed by atoms with Gasteiger partial charge in [-0.15, -0.1) is 0 Å². The van der Waals surface area contributed by atoms with Gasteiger partial charge in [0.15, 0.2) is 0 Å². The quantitative estimate of drug-likeness (QED) is 0.758. The molecule has 6 nitrogen and oxygen atoms in total. The fourth-order valence-electron chi connectivity index (χ4n) is 3.44. The highest BCUT2D eigenvalue weighted by atomic mass is 35.5. The third kappa shape index (κ3) is 4.72. The number of quaternary nitrogens is 1. The van der Waals surface area contributed by atoms with E-state index in [0.29, 0.717) is 13.1 Å². The Kier molecular flexibility index (Phi) is 6.40. The number of hydrogen-bond donors (Lipinski definition) is 2. The highest BCUT2D eigenvalue weighted by Gasteiger charge is 2.27. The number of rotatable bonds is 5. The molecule has 3 rings (SSSR count). The van der Waals surface area contributed by atoms with Gasteiger partial charge in [-0.1, -0.05) is 41.4 Å². The molecule has 1 fully saturated rings. The van der Waals surface area contributed by atoms with E-state index in [9.17, 15) is 13.2 Å². The number of amides is 1. The van der Waals surface area contributed by atoms with Gasteiger partial charge in [0.1, 0.15) is 6.54 Å². The Morgan fingerprint density at radius 3 is 2.54 bits per heavy atom. The molecule has 0 radical (unpaired) electrons. The van der Waals surface area contributed by atoms with Crippen molar-refractivity contribution in [2.75, 3.05) is 33.2 Å². The van der Waals surface area contributed by atoms with Gasteiger partial charge in [-0.25, -0.2) is 13.1 Å². The predicted octanol–water partition coefficient (Wildman–Crippen LogP) is 1.10. The van der Waals surface area contributed by atoms with Crippen molar-refractivity contribution in [1.82, 2.24) is 9.62 Å². The zero-order valence-corrected chi connectivity index (χ0v) is 17.6. The molecule has 1 amide bonds. The second-order valence-electron chi connectivity index (χ2n) is 7.06. The summed E-state index contributed by atoms with van der Waals surface area (Å²) in [5.74, 6) is -0.229. The minimum atomic E-state index is -3.63. The molecule has 0 aromatic heterocycles. The maximum absolute atomic E-state index is 12.9. The molecule has 2 aromatic carbocycles. The van der Waals surface area contributed by atoms with Gasteiger partial charge in [0.25, 0.3) is 5.91 Å². The predicted molar refractivity (Wildman–Crippen MR) is 109 cm³/mol. The summed E-state index contributed by atoms with van der Waals surface area (Å²) < 4.78 is 26.3. The summed E-state index contributed by atoms with van der Waals surface area (Å²) in [6.45, 7) is 5.91. The van der Waals surface area contributed by atoms with Crippen molar-refractivity contribution in [2.24, 2.45) is 0 Å². The van der Waals surface area contributed by atoms with E-state index in [1.807, 2.05) is 0 Å². The summed E-state index contributed by atoms with van der Waals surface area (Å²) in [6, 6.07) is 12.7. The molecule has 28 heavy (non-hydrogen) atoms. The lowest BCUT2D eigenvalue weighted by Gasteiger charge is -2.32. The van der Waals surface area contributed by atoms with Gasteiger partial charge in [0.05, 0.1) is 41.7 Å². The first kappa shape index (κ1) is 20.8. The van der Waals surface area contributed by atoms with E-state index in [0.717, 1.165) is 19.6 Å². The molecule has 0 bridgehead atoms. The summed E-state index contributed by atoms with van der Waals surface area (Å²) in [5, 5.41) is 0.259. The highest BCUT2D eigenvalue weighted by molar-refractivity contribution is 7.89. The molecular formula is C20H25ClN3O3S+. The highest BCUT2D eigenvalue weighted by Crippen LogP contribution is 2.22. The number of carbonyl (C=O) groups is 1. The van der Waals surface area contributed by atoms with E-state index in [2.05, 4.69) is 35.9 Å². The van der Waals surface area contributed by atoms with Gasteiger partial charge in [-0.05, 0) is 32.2 Å². The molecule has 2 aromatic rings. The first-order valence-electron chi connectivity index (χ1n) is 9.21. The second-order valence-corrected chi connectivity index (χ2v) is 9.35. The smallest absolute Gasteiger partial charge is 0.255 e. The van der Waals surface area contributed by atoms with Crippen LogP contribution >= 0.6 is 11.6 Å². The van der Waals surface area contributed by atoms with Gasteiger partial charge in [-0.3, -0.25) is 4.79 Å². The van der Waals surface area contributed by atoms with Crippen LogP contribution < -0.4 is 9.62 Å². The van der Waals surface area contributed by atoms with Gasteiger partial charge in [0, 0.05) is 5.56 Å². The van der Waals surface area contributed by atoms with Gasteiger partial charge >= 0.3 is 0 Å². The average molecular weight is 423 g/mol. The van der Waals surface area contributed by atoms with Crippen LogP contribution in [0.1, 0.15) is 21.5 Å². The lowest BCUT2D eigenvalue weighted by Crippen LogP contribution is -3.13. The van der Waals surface area contributed by atoms with Crippen LogP contribution in [0.4, 0.5) is 0 Å². The van der Waals surface area contributed by atoms with Crippen LogP contribution in [0.25, 0.3) is 0 Å². The van der Waals surface area contributed by atoms with Crippen LogP contribution in [0.15, 0.2) is 47.4 Å². The van der Waals surface area contributed by atoms with Crippen molar-refractivity contribution in [2.45, 2.75) is 18.4 Å². The monoisotopic (exact) mass is 422 g/mol. The largest absolute Gasteiger partial charge is 0.328 e. The molecule has 8 heteroatoms. The Morgan fingerprint density at radius 1 is 1.18 bits per heavy atom. The number of nitrogens with one attached hydrogen (secondary N) is 2. The van der Waals surface area contributed by atoms with Gasteiger partial charge in [-0.2, -0.15) is 0 Å². The van der Waals surface area contributed by atoms with Crippen molar-refractivity contribution in [3.05, 3.63) is 64.2 Å². The van der Waals surface area contributed by atoms with E-state index < -0.39 is 10.0 Å².